The van der Waals surface area contributed by atoms with Gasteiger partial charge >= 0.3 is 5.97 Å². The molecule has 2 unspecified atom stereocenters. The van der Waals surface area contributed by atoms with Gasteiger partial charge in [0.2, 0.25) is 0 Å². The highest BCUT2D eigenvalue weighted by molar-refractivity contribution is 5.87. The first-order valence-electron chi connectivity index (χ1n) is 23.3. The third-order valence-corrected chi connectivity index (χ3v) is 13.9. The predicted molar refractivity (Wildman–Crippen MR) is 264 cm³/mol. The molecule has 0 N–H and O–H groups in total. The van der Waals surface area contributed by atoms with Crippen molar-refractivity contribution in [1.82, 2.24) is 0 Å². The molecule has 3 nitrogen and oxygen atoms in total. The molecule has 0 heterocycles. The van der Waals surface area contributed by atoms with Crippen molar-refractivity contribution in [2.45, 2.75) is 116 Å². The van der Waals surface area contributed by atoms with Gasteiger partial charge in [-0.25, -0.2) is 4.79 Å². The van der Waals surface area contributed by atoms with Crippen LogP contribution in [-0.4, -0.2) is 19.6 Å². The quantitative estimate of drug-likeness (QED) is 0.0436. The third kappa shape index (κ3) is 9.53. The van der Waals surface area contributed by atoms with Gasteiger partial charge in [0, 0.05) is 34.8 Å². The molecular weight excluding hydrogens is 755 g/mol. The molecule has 0 amide bonds. The molecule has 0 spiro atoms. The Morgan fingerprint density at radius 1 is 0.613 bits per heavy atom. The number of aryl methyl sites for hydroxylation is 1. The number of carbonyl (C=O) groups is 1. The highest BCUT2D eigenvalue weighted by Crippen LogP contribution is 2.55. The lowest BCUT2D eigenvalue weighted by Gasteiger charge is -2.33. The topological polar surface area (TPSA) is 29.5 Å². The molecule has 1 aliphatic carbocycles. The fourth-order valence-electron chi connectivity index (χ4n) is 9.75. The van der Waals surface area contributed by atoms with E-state index in [-0.39, 0.29) is 16.8 Å². The second-order valence-electron chi connectivity index (χ2n) is 18.1. The van der Waals surface area contributed by atoms with Crippen molar-refractivity contribution in [2.24, 2.45) is 0 Å². The molecular formula is C59H67NO2. The first-order chi connectivity index (χ1) is 30.1. The molecule has 0 aliphatic heterocycles. The van der Waals surface area contributed by atoms with E-state index in [1.165, 1.54) is 98.3 Å². The van der Waals surface area contributed by atoms with Crippen molar-refractivity contribution in [3.05, 3.63) is 179 Å². The van der Waals surface area contributed by atoms with Crippen LogP contribution in [0.25, 0.3) is 33.4 Å². The van der Waals surface area contributed by atoms with Crippen molar-refractivity contribution >= 4 is 17.3 Å². The molecule has 1 aliphatic rings. The Morgan fingerprint density at radius 3 is 1.68 bits per heavy atom. The number of anilines is 2. The molecule has 0 saturated carbocycles. The standard InChI is InChI=1S/C59H67NO2/c1-8-10-11-16-39-59(40-17-12-13-18-41-62-57(61)43(3)4)55-20-15-14-19-53(55)54-38-37-52(42-56(54)59)60(7)51-35-29-48(30-36-51)47-27-33-50(34-28-47)58(6,9-2)49-31-25-46(26-32-49)45-23-21-44(5)22-24-45/h14-15,19-38,42H,3,8-13,16-18,39-41H2,1-2,4-7H3. The largest absolute Gasteiger partial charge is 0.462 e. The zero-order chi connectivity index (χ0) is 43.7. The van der Waals surface area contributed by atoms with E-state index in [4.69, 9.17) is 4.74 Å². The monoisotopic (exact) mass is 822 g/mol. The van der Waals surface area contributed by atoms with Crippen molar-refractivity contribution < 1.29 is 9.53 Å². The molecule has 0 aromatic heterocycles. The van der Waals surface area contributed by atoms with Crippen LogP contribution in [0.4, 0.5) is 11.4 Å². The van der Waals surface area contributed by atoms with Crippen LogP contribution >= 0.6 is 0 Å². The van der Waals surface area contributed by atoms with Crippen molar-refractivity contribution in [2.75, 3.05) is 18.6 Å². The number of hydrogen-bond donors (Lipinski definition) is 0. The van der Waals surface area contributed by atoms with Crippen LogP contribution in [0.3, 0.4) is 0 Å². The lowest BCUT2D eigenvalue weighted by Crippen LogP contribution is -2.26. The number of unbranched alkanes of at least 4 members (excludes halogenated alkanes) is 6. The Balaban J connectivity index is 1.08. The second kappa shape index (κ2) is 20.0. The van der Waals surface area contributed by atoms with E-state index in [1.54, 1.807) is 6.92 Å². The van der Waals surface area contributed by atoms with Gasteiger partial charge in [-0.15, -0.1) is 0 Å². The van der Waals surface area contributed by atoms with Crippen LogP contribution in [0.5, 0.6) is 0 Å². The highest BCUT2D eigenvalue weighted by Gasteiger charge is 2.42. The Hall–Kier alpha value is -5.67. The van der Waals surface area contributed by atoms with Crippen LogP contribution in [0.1, 0.15) is 126 Å². The van der Waals surface area contributed by atoms with E-state index in [9.17, 15) is 4.79 Å². The van der Waals surface area contributed by atoms with Gasteiger partial charge < -0.3 is 9.64 Å². The SMILES string of the molecule is C=C(C)C(=O)OCCCCCCC1(CCCCCC)c2ccccc2-c2ccc(N(C)c3ccc(-c4ccc(C(C)(CC)c5ccc(-c6ccc(C)cc6)cc5)cc4)cc3)cc21. The number of benzene rings is 6. The van der Waals surface area contributed by atoms with Gasteiger partial charge in [0.15, 0.2) is 0 Å². The van der Waals surface area contributed by atoms with Crippen LogP contribution in [0.2, 0.25) is 0 Å². The highest BCUT2D eigenvalue weighted by atomic mass is 16.5. The molecule has 62 heavy (non-hydrogen) atoms. The summed E-state index contributed by atoms with van der Waals surface area (Å²) in [6.07, 6.45) is 12.5. The first-order valence-corrected chi connectivity index (χ1v) is 23.3. The van der Waals surface area contributed by atoms with Gasteiger partial charge in [0.05, 0.1) is 6.61 Å². The maximum absolute atomic E-state index is 11.9. The minimum Gasteiger partial charge on any atom is -0.462 e. The van der Waals surface area contributed by atoms with Crippen LogP contribution in [0, 0.1) is 6.92 Å². The molecule has 320 valence electrons. The molecule has 0 saturated heterocycles. The minimum atomic E-state index is -0.288. The number of ether oxygens (including phenoxy) is 1. The van der Waals surface area contributed by atoms with Crippen molar-refractivity contribution in [1.29, 1.82) is 0 Å². The second-order valence-corrected chi connectivity index (χ2v) is 18.1. The maximum Gasteiger partial charge on any atom is 0.333 e. The van der Waals surface area contributed by atoms with Crippen molar-refractivity contribution in [3.8, 4) is 33.4 Å². The first kappa shape index (κ1) is 44.4. The van der Waals surface area contributed by atoms with Crippen LogP contribution < -0.4 is 4.90 Å². The van der Waals surface area contributed by atoms with E-state index in [0.29, 0.717) is 12.2 Å². The van der Waals surface area contributed by atoms with Crippen LogP contribution in [-0.2, 0) is 20.4 Å². The number of fused-ring (bicyclic) bond motifs is 3. The zero-order valence-electron chi connectivity index (χ0n) is 38.2. The minimum absolute atomic E-state index is 0.0162. The summed E-state index contributed by atoms with van der Waals surface area (Å²) in [7, 11) is 2.20. The van der Waals surface area contributed by atoms with E-state index in [0.717, 1.165) is 44.9 Å². The predicted octanol–water partition coefficient (Wildman–Crippen LogP) is 16.1. The number of esters is 1. The lowest BCUT2D eigenvalue weighted by atomic mass is 9.70. The van der Waals surface area contributed by atoms with Gasteiger partial charge in [-0.3, -0.25) is 0 Å². The summed E-state index contributed by atoms with van der Waals surface area (Å²) in [5.41, 5.74) is 17.4. The van der Waals surface area contributed by atoms with Gasteiger partial charge in [0.1, 0.15) is 0 Å². The fourth-order valence-corrected chi connectivity index (χ4v) is 9.75. The van der Waals surface area contributed by atoms with E-state index >= 15 is 0 Å². The smallest absolute Gasteiger partial charge is 0.333 e. The molecule has 6 aromatic carbocycles. The Morgan fingerprint density at radius 2 is 1.11 bits per heavy atom. The zero-order valence-corrected chi connectivity index (χ0v) is 38.2. The third-order valence-electron chi connectivity index (χ3n) is 13.9. The average molecular weight is 822 g/mol. The molecule has 2 atom stereocenters. The average Bonchev–Trinajstić information content (AvgIpc) is 3.58. The molecule has 7 rings (SSSR count). The number of rotatable bonds is 20. The summed E-state index contributed by atoms with van der Waals surface area (Å²) >= 11 is 0. The lowest BCUT2D eigenvalue weighted by molar-refractivity contribution is -0.139. The van der Waals surface area contributed by atoms with Gasteiger partial charge in [0.25, 0.3) is 0 Å². The van der Waals surface area contributed by atoms with Gasteiger partial charge in [-0.05, 0) is 119 Å². The van der Waals surface area contributed by atoms with E-state index in [1.807, 2.05) is 0 Å². The summed E-state index contributed by atoms with van der Waals surface area (Å²) in [6, 6.07) is 52.6. The summed E-state index contributed by atoms with van der Waals surface area (Å²) in [4.78, 5) is 14.2. The Kier molecular flexibility index (Phi) is 14.3. The van der Waals surface area contributed by atoms with E-state index < -0.39 is 0 Å². The number of carbonyl (C=O) groups excluding carboxylic acids is 1. The Labute approximate surface area is 372 Å². The maximum atomic E-state index is 11.9. The molecule has 6 aromatic rings. The molecule has 0 fully saturated rings. The molecule has 0 bridgehead atoms. The van der Waals surface area contributed by atoms with Crippen LogP contribution in [0.15, 0.2) is 152 Å². The number of hydrogen-bond acceptors (Lipinski definition) is 3. The summed E-state index contributed by atoms with van der Waals surface area (Å²) < 4.78 is 5.38. The number of nitrogens with zero attached hydrogens (tertiary/aromatic N) is 1. The fraction of sp³-hybridized carbons (Fsp3) is 0.339. The summed E-state index contributed by atoms with van der Waals surface area (Å²) in [5, 5.41) is 0. The van der Waals surface area contributed by atoms with Crippen molar-refractivity contribution in [3.63, 3.8) is 0 Å². The molecule has 0 radical (unpaired) electrons. The Bertz CT molecular complexity index is 2430. The van der Waals surface area contributed by atoms with E-state index in [2.05, 4.69) is 186 Å². The van der Waals surface area contributed by atoms with Gasteiger partial charge in [-0.2, -0.15) is 0 Å². The normalized spacial score (nSPS) is 15.1. The summed E-state index contributed by atoms with van der Waals surface area (Å²) in [5.74, 6) is -0.288. The summed E-state index contributed by atoms with van der Waals surface area (Å²) in [6.45, 7) is 15.0. The van der Waals surface area contributed by atoms with Gasteiger partial charge in [-0.1, -0.05) is 193 Å². The molecule has 3 heteroatoms.